The molecule has 2 amide bonds. The Balaban J connectivity index is 1.81. The zero-order chi connectivity index (χ0) is 18.9. The van der Waals surface area contributed by atoms with Crippen LogP contribution in [0.25, 0.3) is 6.08 Å². The van der Waals surface area contributed by atoms with E-state index in [4.69, 9.17) is 4.74 Å². The van der Waals surface area contributed by atoms with E-state index in [1.165, 1.54) is 24.3 Å². The van der Waals surface area contributed by atoms with Crippen LogP contribution in [0.2, 0.25) is 0 Å². The smallest absolute Gasteiger partial charge is 0.276 e. The third-order valence-electron chi connectivity index (χ3n) is 3.23. The molecule has 8 heteroatoms. The van der Waals surface area contributed by atoms with Crippen molar-refractivity contribution in [3.05, 3.63) is 75.8 Å². The minimum atomic E-state index is -0.632. The van der Waals surface area contributed by atoms with Gasteiger partial charge < -0.3 is 4.74 Å². The predicted molar refractivity (Wildman–Crippen MR) is 95.1 cm³/mol. The van der Waals surface area contributed by atoms with Crippen molar-refractivity contribution < 1.29 is 19.2 Å². The summed E-state index contributed by atoms with van der Waals surface area (Å²) in [6.45, 7) is 1.63. The summed E-state index contributed by atoms with van der Waals surface area (Å²) in [7, 11) is 0. The Morgan fingerprint density at radius 1 is 1.15 bits per heavy atom. The van der Waals surface area contributed by atoms with E-state index in [9.17, 15) is 19.7 Å². The molecule has 134 valence electrons. The Bertz CT molecular complexity index is 848. The van der Waals surface area contributed by atoms with Gasteiger partial charge in [-0.3, -0.25) is 30.6 Å². The van der Waals surface area contributed by atoms with Gasteiger partial charge in [-0.25, -0.2) is 0 Å². The maximum Gasteiger partial charge on any atom is 0.276 e. The van der Waals surface area contributed by atoms with Crippen molar-refractivity contribution in [2.24, 2.45) is 0 Å². The van der Waals surface area contributed by atoms with Gasteiger partial charge in [0.15, 0.2) is 6.61 Å². The Morgan fingerprint density at radius 2 is 1.92 bits per heavy atom. The molecule has 0 spiro atoms. The number of nitrogens with one attached hydrogen (secondary N) is 2. The van der Waals surface area contributed by atoms with E-state index >= 15 is 0 Å². The van der Waals surface area contributed by atoms with Gasteiger partial charge in [0.1, 0.15) is 5.75 Å². The molecule has 0 aliphatic rings. The Morgan fingerprint density at radius 3 is 2.65 bits per heavy atom. The molecule has 0 atom stereocenters. The molecule has 0 radical (unpaired) electrons. The quantitative estimate of drug-likeness (QED) is 0.468. The van der Waals surface area contributed by atoms with Gasteiger partial charge in [-0.1, -0.05) is 24.3 Å². The molecular weight excluding hydrogens is 338 g/mol. The summed E-state index contributed by atoms with van der Waals surface area (Å²) in [5.74, 6) is -0.631. The Hall–Kier alpha value is -3.68. The molecule has 2 rings (SSSR count). The second-order valence-electron chi connectivity index (χ2n) is 5.29. The number of carbonyl (C=O) groups excluding carboxylic acids is 2. The van der Waals surface area contributed by atoms with Crippen molar-refractivity contribution in [3.8, 4) is 5.75 Å². The molecule has 2 N–H and O–H groups in total. The lowest BCUT2D eigenvalue weighted by Gasteiger charge is -2.08. The van der Waals surface area contributed by atoms with Crippen LogP contribution in [0.5, 0.6) is 5.75 Å². The van der Waals surface area contributed by atoms with Crippen LogP contribution in [-0.2, 0) is 9.59 Å². The van der Waals surface area contributed by atoms with Crippen LogP contribution >= 0.6 is 0 Å². The first-order valence-electron chi connectivity index (χ1n) is 7.65. The maximum absolute atomic E-state index is 11.7. The predicted octanol–water partition coefficient (Wildman–Crippen LogP) is 2.14. The van der Waals surface area contributed by atoms with Crippen molar-refractivity contribution in [3.63, 3.8) is 0 Å². The highest BCUT2D eigenvalue weighted by atomic mass is 16.6. The molecule has 0 unspecified atom stereocenters. The van der Waals surface area contributed by atoms with E-state index in [1.807, 2.05) is 13.0 Å². The molecule has 0 aliphatic carbocycles. The second kappa shape index (κ2) is 8.97. The molecule has 2 aromatic rings. The maximum atomic E-state index is 11.7. The highest BCUT2D eigenvalue weighted by Crippen LogP contribution is 2.18. The van der Waals surface area contributed by atoms with Gasteiger partial charge in [-0.05, 0) is 36.8 Å². The third kappa shape index (κ3) is 5.75. The molecule has 0 bridgehead atoms. The van der Waals surface area contributed by atoms with Gasteiger partial charge in [0.05, 0.1) is 10.5 Å². The fraction of sp³-hybridized carbons (Fsp3) is 0.111. The van der Waals surface area contributed by atoms with Gasteiger partial charge in [-0.2, -0.15) is 0 Å². The van der Waals surface area contributed by atoms with Crippen molar-refractivity contribution in [2.75, 3.05) is 6.61 Å². The fourth-order valence-corrected chi connectivity index (χ4v) is 2.02. The summed E-state index contributed by atoms with van der Waals surface area (Å²) in [5, 5.41) is 10.9. The van der Waals surface area contributed by atoms with Crippen LogP contribution in [0.1, 0.15) is 11.1 Å². The number of nitro groups is 1. The molecule has 2 aromatic carbocycles. The van der Waals surface area contributed by atoms with E-state index in [2.05, 4.69) is 10.9 Å². The fourth-order valence-electron chi connectivity index (χ4n) is 2.02. The lowest BCUT2D eigenvalue weighted by atomic mass is 10.1. The summed E-state index contributed by atoms with van der Waals surface area (Å²) in [6.07, 6.45) is 2.38. The summed E-state index contributed by atoms with van der Waals surface area (Å²) in [6, 6.07) is 13.2. The van der Waals surface area contributed by atoms with Gasteiger partial charge in [0, 0.05) is 12.1 Å². The summed E-state index contributed by atoms with van der Waals surface area (Å²) < 4.78 is 5.30. The first kappa shape index (κ1) is 18.7. The molecule has 0 aliphatic heterocycles. The van der Waals surface area contributed by atoms with Crippen LogP contribution in [0, 0.1) is 17.0 Å². The molecule has 8 nitrogen and oxygen atoms in total. The van der Waals surface area contributed by atoms with Crippen molar-refractivity contribution in [1.82, 2.24) is 10.9 Å². The Kier molecular flexibility index (Phi) is 6.44. The van der Waals surface area contributed by atoms with Crippen molar-refractivity contribution >= 4 is 23.6 Å². The van der Waals surface area contributed by atoms with E-state index in [0.717, 1.165) is 11.6 Å². The summed E-state index contributed by atoms with van der Waals surface area (Å²) >= 11 is 0. The van der Waals surface area contributed by atoms with Crippen molar-refractivity contribution in [1.29, 1.82) is 0 Å². The minimum absolute atomic E-state index is 0.118. The van der Waals surface area contributed by atoms with E-state index in [-0.39, 0.29) is 17.9 Å². The number of para-hydroxylation sites is 1. The molecule has 0 saturated heterocycles. The van der Waals surface area contributed by atoms with Gasteiger partial charge in [0.2, 0.25) is 0 Å². The average molecular weight is 355 g/mol. The van der Waals surface area contributed by atoms with Gasteiger partial charge in [0.25, 0.3) is 17.5 Å². The number of rotatable bonds is 6. The largest absolute Gasteiger partial charge is 0.484 e. The van der Waals surface area contributed by atoms with Gasteiger partial charge in [-0.15, -0.1) is 0 Å². The molecule has 26 heavy (non-hydrogen) atoms. The number of carbonyl (C=O) groups is 2. The lowest BCUT2D eigenvalue weighted by molar-refractivity contribution is -0.385. The molecular formula is C18H17N3O5. The molecule has 0 aromatic heterocycles. The number of ether oxygens (including phenoxy) is 1. The normalized spacial score (nSPS) is 10.3. The van der Waals surface area contributed by atoms with Crippen LogP contribution in [0.15, 0.2) is 54.6 Å². The van der Waals surface area contributed by atoms with Crippen LogP contribution in [0.4, 0.5) is 5.69 Å². The number of aryl methyl sites for hydroxylation is 1. The standard InChI is InChI=1S/C18H17N3O5/c1-13-5-4-7-15(11-13)26-12-18(23)20-19-17(22)10-9-14-6-2-3-8-16(14)21(24)25/h2-11H,12H2,1H3,(H,19,22)(H,20,23)/b10-9+. The molecule has 0 fully saturated rings. The number of benzene rings is 2. The number of hydrazine groups is 1. The number of nitro benzene ring substituents is 1. The topological polar surface area (TPSA) is 111 Å². The van der Waals surface area contributed by atoms with Crippen LogP contribution in [0.3, 0.4) is 0 Å². The van der Waals surface area contributed by atoms with E-state index < -0.39 is 16.7 Å². The first-order chi connectivity index (χ1) is 12.5. The Labute approximate surface area is 149 Å². The number of hydrogen-bond acceptors (Lipinski definition) is 5. The van der Waals surface area contributed by atoms with E-state index in [0.29, 0.717) is 5.75 Å². The van der Waals surface area contributed by atoms with Crippen LogP contribution < -0.4 is 15.6 Å². The highest BCUT2D eigenvalue weighted by molar-refractivity contribution is 5.93. The lowest BCUT2D eigenvalue weighted by Crippen LogP contribution is -2.43. The zero-order valence-electron chi connectivity index (χ0n) is 14.0. The van der Waals surface area contributed by atoms with Gasteiger partial charge >= 0.3 is 0 Å². The first-order valence-corrected chi connectivity index (χ1v) is 7.65. The zero-order valence-corrected chi connectivity index (χ0v) is 14.0. The minimum Gasteiger partial charge on any atom is -0.484 e. The second-order valence-corrected chi connectivity index (χ2v) is 5.29. The van der Waals surface area contributed by atoms with Crippen LogP contribution in [-0.4, -0.2) is 23.3 Å². The SMILES string of the molecule is Cc1cccc(OCC(=O)NNC(=O)/C=C/c2ccccc2[N+](=O)[O-])c1. The summed E-state index contributed by atoms with van der Waals surface area (Å²) in [5.41, 5.74) is 5.52. The summed E-state index contributed by atoms with van der Waals surface area (Å²) in [4.78, 5) is 33.7. The number of nitrogens with zero attached hydrogens (tertiary/aromatic N) is 1. The third-order valence-corrected chi connectivity index (χ3v) is 3.23. The van der Waals surface area contributed by atoms with E-state index in [1.54, 1.807) is 24.3 Å². The average Bonchev–Trinajstić information content (AvgIpc) is 2.63. The molecule has 0 saturated carbocycles. The van der Waals surface area contributed by atoms with Crippen molar-refractivity contribution in [2.45, 2.75) is 6.92 Å². The molecule has 0 heterocycles. The highest BCUT2D eigenvalue weighted by Gasteiger charge is 2.10. The number of hydrogen-bond donors (Lipinski definition) is 2. The number of amides is 2. The monoisotopic (exact) mass is 355 g/mol.